The lowest BCUT2D eigenvalue weighted by atomic mass is 10.1. The van der Waals surface area contributed by atoms with Crippen LogP contribution in [0.15, 0.2) is 48.5 Å². The van der Waals surface area contributed by atoms with E-state index in [-0.39, 0.29) is 24.3 Å². The summed E-state index contributed by atoms with van der Waals surface area (Å²) in [7, 11) is 0. The van der Waals surface area contributed by atoms with Gasteiger partial charge in [0.25, 0.3) is 0 Å². The van der Waals surface area contributed by atoms with Crippen molar-refractivity contribution < 1.29 is 14.4 Å². The number of hydrogen-bond donors (Lipinski definition) is 3. The minimum absolute atomic E-state index is 0.107. The lowest BCUT2D eigenvalue weighted by Gasteiger charge is -2.14. The van der Waals surface area contributed by atoms with E-state index in [1.165, 1.54) is 6.92 Å². The first-order chi connectivity index (χ1) is 12.5. The van der Waals surface area contributed by atoms with Crippen LogP contribution >= 0.6 is 0 Å². The molecular weight excluding hydrogens is 332 g/mol. The smallest absolute Gasteiger partial charge is 0.321 e. The van der Waals surface area contributed by atoms with Crippen molar-refractivity contribution in [3.63, 3.8) is 0 Å². The molecule has 2 aromatic rings. The van der Waals surface area contributed by atoms with Crippen LogP contribution in [0.3, 0.4) is 0 Å². The second-order valence-corrected chi connectivity index (χ2v) is 6.03. The Morgan fingerprint density at radius 3 is 2.19 bits per heavy atom. The zero-order chi connectivity index (χ0) is 18.5. The highest BCUT2D eigenvalue weighted by Gasteiger charge is 2.20. The summed E-state index contributed by atoms with van der Waals surface area (Å²) in [5.74, 6) is -0.269. The van der Waals surface area contributed by atoms with Crippen molar-refractivity contribution in [2.45, 2.75) is 13.3 Å². The lowest BCUT2D eigenvalue weighted by Crippen LogP contribution is -2.27. The van der Waals surface area contributed by atoms with Crippen LogP contribution in [-0.2, 0) is 16.0 Å². The molecule has 0 aromatic heterocycles. The van der Waals surface area contributed by atoms with E-state index < -0.39 is 0 Å². The molecular formula is C19H20N4O3. The van der Waals surface area contributed by atoms with E-state index in [0.717, 1.165) is 11.3 Å². The van der Waals surface area contributed by atoms with Gasteiger partial charge in [-0.1, -0.05) is 12.1 Å². The zero-order valence-corrected chi connectivity index (χ0v) is 14.4. The van der Waals surface area contributed by atoms with Crippen LogP contribution in [0.4, 0.5) is 21.9 Å². The van der Waals surface area contributed by atoms with E-state index in [2.05, 4.69) is 16.0 Å². The van der Waals surface area contributed by atoms with Crippen LogP contribution < -0.4 is 20.9 Å². The predicted octanol–water partition coefficient (Wildman–Crippen LogP) is 2.36. The molecule has 0 spiro atoms. The topological polar surface area (TPSA) is 90.5 Å². The molecule has 4 amide bonds. The zero-order valence-electron chi connectivity index (χ0n) is 14.4. The number of amides is 4. The third-order valence-corrected chi connectivity index (χ3v) is 3.96. The third kappa shape index (κ3) is 4.38. The van der Waals surface area contributed by atoms with E-state index in [9.17, 15) is 14.4 Å². The third-order valence-electron chi connectivity index (χ3n) is 3.96. The Morgan fingerprint density at radius 2 is 1.62 bits per heavy atom. The largest absolute Gasteiger partial charge is 0.336 e. The van der Waals surface area contributed by atoms with Gasteiger partial charge in [-0.25, -0.2) is 4.79 Å². The maximum Gasteiger partial charge on any atom is 0.321 e. The average molecular weight is 352 g/mol. The van der Waals surface area contributed by atoms with Gasteiger partial charge in [0.2, 0.25) is 11.8 Å². The first-order valence-corrected chi connectivity index (χ1v) is 8.33. The molecule has 0 saturated carbocycles. The molecule has 26 heavy (non-hydrogen) atoms. The maximum atomic E-state index is 12.2. The van der Waals surface area contributed by atoms with Crippen LogP contribution in [0, 0.1) is 0 Å². The van der Waals surface area contributed by atoms with Gasteiger partial charge in [-0.3, -0.25) is 14.5 Å². The first kappa shape index (κ1) is 17.5. The molecule has 7 nitrogen and oxygen atoms in total. The van der Waals surface area contributed by atoms with E-state index in [1.807, 2.05) is 12.1 Å². The summed E-state index contributed by atoms with van der Waals surface area (Å²) in [4.78, 5) is 36.5. The van der Waals surface area contributed by atoms with Gasteiger partial charge >= 0.3 is 6.03 Å². The van der Waals surface area contributed by atoms with E-state index in [0.29, 0.717) is 24.5 Å². The Hall–Kier alpha value is -3.35. The summed E-state index contributed by atoms with van der Waals surface area (Å²) >= 11 is 0. The van der Waals surface area contributed by atoms with Gasteiger partial charge < -0.3 is 16.0 Å². The Bertz CT molecular complexity index is 816. The highest BCUT2D eigenvalue weighted by atomic mass is 16.2. The molecule has 1 heterocycles. The quantitative estimate of drug-likeness (QED) is 0.771. The molecule has 3 rings (SSSR count). The molecule has 0 atom stereocenters. The number of benzene rings is 2. The predicted molar refractivity (Wildman–Crippen MR) is 100 cm³/mol. The Balaban J connectivity index is 1.56. The summed E-state index contributed by atoms with van der Waals surface area (Å²) in [6.45, 7) is 2.72. The van der Waals surface area contributed by atoms with E-state index >= 15 is 0 Å². The number of nitrogens with one attached hydrogen (secondary N) is 3. The molecule has 2 aromatic carbocycles. The van der Waals surface area contributed by atoms with Crippen LogP contribution in [0.2, 0.25) is 0 Å². The molecule has 1 saturated heterocycles. The summed E-state index contributed by atoms with van der Waals surface area (Å²) < 4.78 is 0. The normalized spacial score (nSPS) is 13.3. The van der Waals surface area contributed by atoms with Gasteiger partial charge in [0.05, 0.1) is 6.42 Å². The van der Waals surface area contributed by atoms with Gasteiger partial charge in [0.15, 0.2) is 0 Å². The van der Waals surface area contributed by atoms with Crippen LogP contribution in [0.1, 0.15) is 12.5 Å². The number of nitrogens with zero attached hydrogens (tertiary/aromatic N) is 1. The second-order valence-electron chi connectivity index (χ2n) is 6.03. The van der Waals surface area contributed by atoms with Gasteiger partial charge in [0.1, 0.15) is 0 Å². The number of rotatable bonds is 5. The number of carbonyl (C=O) groups excluding carboxylic acids is 3. The lowest BCUT2D eigenvalue weighted by molar-refractivity contribution is -0.116. The van der Waals surface area contributed by atoms with Gasteiger partial charge in [-0.15, -0.1) is 0 Å². The van der Waals surface area contributed by atoms with Crippen molar-refractivity contribution in [2.24, 2.45) is 0 Å². The van der Waals surface area contributed by atoms with Crippen molar-refractivity contribution in [2.75, 3.05) is 28.6 Å². The average Bonchev–Trinajstić information content (AvgIpc) is 3.03. The summed E-state index contributed by atoms with van der Waals surface area (Å²) in [5.41, 5.74) is 3.02. The van der Waals surface area contributed by atoms with Crippen molar-refractivity contribution >= 4 is 34.9 Å². The summed E-state index contributed by atoms with van der Waals surface area (Å²) in [6.07, 6.45) is 0.233. The van der Waals surface area contributed by atoms with Crippen LogP contribution in [0.5, 0.6) is 0 Å². The van der Waals surface area contributed by atoms with E-state index in [4.69, 9.17) is 0 Å². The van der Waals surface area contributed by atoms with Crippen molar-refractivity contribution in [1.82, 2.24) is 5.32 Å². The molecule has 3 N–H and O–H groups in total. The van der Waals surface area contributed by atoms with Crippen molar-refractivity contribution in [3.8, 4) is 0 Å². The molecule has 1 fully saturated rings. The van der Waals surface area contributed by atoms with Crippen LogP contribution in [-0.4, -0.2) is 30.9 Å². The van der Waals surface area contributed by atoms with Crippen LogP contribution in [0.25, 0.3) is 0 Å². The number of anilines is 3. The summed E-state index contributed by atoms with van der Waals surface area (Å²) in [6, 6.07) is 14.2. The number of carbonyl (C=O) groups is 3. The standard InChI is InChI=1S/C19H20N4O3/c1-13(24)21-15-4-2-14(3-5-15)12-18(25)22-16-6-8-17(9-7-16)23-11-10-20-19(23)26/h2-9H,10-12H2,1H3,(H,20,26)(H,21,24)(H,22,25). The Kier molecular flexibility index (Phi) is 5.17. The van der Waals surface area contributed by atoms with Crippen molar-refractivity contribution in [1.29, 1.82) is 0 Å². The monoisotopic (exact) mass is 352 g/mol. The molecule has 134 valence electrons. The highest BCUT2D eigenvalue weighted by Crippen LogP contribution is 2.20. The molecule has 0 radical (unpaired) electrons. The van der Waals surface area contributed by atoms with E-state index in [1.54, 1.807) is 41.3 Å². The fourth-order valence-electron chi connectivity index (χ4n) is 2.74. The fourth-order valence-corrected chi connectivity index (χ4v) is 2.74. The second kappa shape index (κ2) is 7.69. The fraction of sp³-hybridized carbons (Fsp3) is 0.211. The van der Waals surface area contributed by atoms with Gasteiger partial charge in [-0.05, 0) is 42.0 Å². The maximum absolute atomic E-state index is 12.2. The minimum Gasteiger partial charge on any atom is -0.336 e. The molecule has 0 unspecified atom stereocenters. The molecule has 1 aliphatic rings. The molecule has 1 aliphatic heterocycles. The Morgan fingerprint density at radius 1 is 1.00 bits per heavy atom. The number of hydrogen-bond acceptors (Lipinski definition) is 3. The summed E-state index contributed by atoms with van der Waals surface area (Å²) in [5, 5.41) is 8.27. The highest BCUT2D eigenvalue weighted by molar-refractivity contribution is 5.95. The SMILES string of the molecule is CC(=O)Nc1ccc(CC(=O)Nc2ccc(N3CCNC3=O)cc2)cc1. The van der Waals surface area contributed by atoms with Gasteiger partial charge in [-0.2, -0.15) is 0 Å². The van der Waals surface area contributed by atoms with Crippen molar-refractivity contribution in [3.05, 3.63) is 54.1 Å². The Labute approximate surface area is 151 Å². The first-order valence-electron chi connectivity index (χ1n) is 8.33. The van der Waals surface area contributed by atoms with Gasteiger partial charge in [0, 0.05) is 37.1 Å². The molecule has 0 bridgehead atoms. The number of urea groups is 1. The minimum atomic E-state index is -0.135. The molecule has 0 aliphatic carbocycles. The molecule has 7 heteroatoms.